The van der Waals surface area contributed by atoms with Crippen molar-refractivity contribution in [2.45, 2.75) is 6.92 Å². The van der Waals surface area contributed by atoms with Crippen LogP contribution in [0.25, 0.3) is 22.1 Å². The van der Waals surface area contributed by atoms with Gasteiger partial charge < -0.3 is 0 Å². The molecule has 0 spiro atoms. The third-order valence-corrected chi connectivity index (χ3v) is 6.39. The molecule has 0 aliphatic heterocycles. The van der Waals surface area contributed by atoms with Crippen LogP contribution in [0.1, 0.15) is 5.56 Å². The van der Waals surface area contributed by atoms with Gasteiger partial charge in [0, 0.05) is 0 Å². The zero-order chi connectivity index (χ0) is 17.2. The maximum absolute atomic E-state index is 12.8. The molecule has 0 amide bonds. The van der Waals surface area contributed by atoms with E-state index < -0.39 is 0 Å². The third kappa shape index (κ3) is 3.04. The molecule has 0 aliphatic carbocycles. The van der Waals surface area contributed by atoms with Gasteiger partial charge in [0.05, 0.1) is 0 Å². The summed E-state index contributed by atoms with van der Waals surface area (Å²) in [6.45, 7) is 1.97. The van der Waals surface area contributed by atoms with Crippen molar-refractivity contribution in [1.82, 2.24) is 0 Å². The first-order chi connectivity index (χ1) is 12.2. The fraction of sp³-hybridized carbons (Fsp3) is 0.0455. The van der Waals surface area contributed by atoms with E-state index in [0.717, 1.165) is 31.0 Å². The fourth-order valence-corrected chi connectivity index (χ4v) is 5.00. The van der Waals surface area contributed by atoms with E-state index in [1.807, 2.05) is 61.5 Å². The van der Waals surface area contributed by atoms with Crippen LogP contribution in [0.3, 0.4) is 0 Å². The Morgan fingerprint density at radius 3 is 2.20 bits per heavy atom. The predicted octanol–water partition coefficient (Wildman–Crippen LogP) is 3.42. The van der Waals surface area contributed by atoms with Crippen LogP contribution in [0.5, 0.6) is 0 Å². The molecule has 1 aromatic heterocycles. The van der Waals surface area contributed by atoms with Crippen molar-refractivity contribution in [2.75, 3.05) is 0 Å². The van der Waals surface area contributed by atoms with Gasteiger partial charge in [0.15, 0.2) is 0 Å². The molecule has 0 fully saturated rings. The number of rotatable bonds is 3. The predicted molar refractivity (Wildman–Crippen MR) is 104 cm³/mol. The number of aryl methyl sites for hydroxylation is 1. The zero-order valence-electron chi connectivity index (χ0n) is 13.7. The van der Waals surface area contributed by atoms with Gasteiger partial charge in [-0.3, -0.25) is 0 Å². The van der Waals surface area contributed by atoms with E-state index in [-0.39, 0.29) is 20.6 Å². The fourth-order valence-electron chi connectivity index (χ4n) is 2.94. The Hall–Kier alpha value is -2.61. The van der Waals surface area contributed by atoms with Crippen molar-refractivity contribution >= 4 is 34.8 Å². The van der Waals surface area contributed by atoms with E-state index in [4.69, 9.17) is 4.42 Å². The van der Waals surface area contributed by atoms with Crippen molar-refractivity contribution in [1.29, 1.82) is 0 Å². The van der Waals surface area contributed by atoms with Gasteiger partial charge in [0.25, 0.3) is 0 Å². The Balaban J connectivity index is 2.04. The summed E-state index contributed by atoms with van der Waals surface area (Å²) in [5.41, 5.74) is 3.48. The van der Waals surface area contributed by atoms with Gasteiger partial charge in [-0.25, -0.2) is 0 Å². The summed E-state index contributed by atoms with van der Waals surface area (Å²) in [6.07, 6.45) is 0. The van der Waals surface area contributed by atoms with Crippen LogP contribution < -0.4 is 14.5 Å². The number of benzene rings is 3. The second kappa shape index (κ2) is 6.72. The number of hydrogen-bond donors (Lipinski definition) is 0. The summed E-state index contributed by atoms with van der Waals surface area (Å²) >= 11 is -0.120. The first-order valence-electron chi connectivity index (χ1n) is 8.09. The molecular weight excluding hydrogens is 375 g/mol. The summed E-state index contributed by atoms with van der Waals surface area (Å²) in [5, 5.41) is 0.999. The van der Waals surface area contributed by atoms with Crippen molar-refractivity contribution < 1.29 is 4.42 Å². The van der Waals surface area contributed by atoms with Gasteiger partial charge in [-0.1, -0.05) is 0 Å². The van der Waals surface area contributed by atoms with Gasteiger partial charge >= 0.3 is 152 Å². The van der Waals surface area contributed by atoms with E-state index in [9.17, 15) is 4.79 Å². The SMILES string of the molecule is Cc1cccc2c(-c3ccccc3)c([Se]c3ccccc3)c(=O)oc12. The Labute approximate surface area is 152 Å². The Kier molecular flexibility index (Phi) is 4.27. The second-order valence-corrected chi connectivity index (χ2v) is 8.10. The van der Waals surface area contributed by atoms with Gasteiger partial charge in [0.2, 0.25) is 0 Å². The Morgan fingerprint density at radius 2 is 1.48 bits per heavy atom. The van der Waals surface area contributed by atoms with E-state index in [1.165, 1.54) is 0 Å². The molecule has 0 atom stereocenters. The standard InChI is InChI=1S/C22H16O2Se/c1-15-9-8-14-18-19(16-10-4-2-5-11-16)21(22(23)24-20(15)18)25-17-12-6-3-7-13-17/h2-14H,1H3. The van der Waals surface area contributed by atoms with Crippen LogP contribution in [0, 0.1) is 6.92 Å². The third-order valence-electron chi connectivity index (χ3n) is 4.11. The molecule has 2 nitrogen and oxygen atoms in total. The molecule has 0 saturated carbocycles. The molecule has 3 heteroatoms. The van der Waals surface area contributed by atoms with Crippen LogP contribution in [0.4, 0.5) is 0 Å². The molecule has 0 N–H and O–H groups in total. The minimum atomic E-state index is -0.232. The van der Waals surface area contributed by atoms with Crippen LogP contribution in [0.2, 0.25) is 0 Å². The van der Waals surface area contributed by atoms with Crippen molar-refractivity contribution in [2.24, 2.45) is 0 Å². The maximum atomic E-state index is 12.8. The zero-order valence-corrected chi connectivity index (χ0v) is 15.4. The molecule has 0 unspecified atom stereocenters. The van der Waals surface area contributed by atoms with Crippen LogP contribution in [-0.4, -0.2) is 15.0 Å². The average molecular weight is 391 g/mol. The molecule has 0 radical (unpaired) electrons. The summed E-state index contributed by atoms with van der Waals surface area (Å²) < 4.78 is 7.64. The van der Waals surface area contributed by atoms with Crippen LogP contribution >= 0.6 is 0 Å². The first kappa shape index (κ1) is 15.9. The molecule has 4 aromatic rings. The molecule has 3 aromatic carbocycles. The topological polar surface area (TPSA) is 30.2 Å². The quantitative estimate of drug-likeness (QED) is 0.396. The minimum absolute atomic E-state index is 0.120. The summed E-state index contributed by atoms with van der Waals surface area (Å²) in [4.78, 5) is 12.8. The van der Waals surface area contributed by atoms with Crippen LogP contribution in [0.15, 0.2) is 88.1 Å². The monoisotopic (exact) mass is 392 g/mol. The molecule has 25 heavy (non-hydrogen) atoms. The van der Waals surface area contributed by atoms with Gasteiger partial charge in [0.1, 0.15) is 0 Å². The first-order valence-corrected chi connectivity index (χ1v) is 9.80. The molecule has 0 bridgehead atoms. The molecule has 0 saturated heterocycles. The van der Waals surface area contributed by atoms with Crippen molar-refractivity contribution in [3.05, 3.63) is 94.8 Å². The summed E-state index contributed by atoms with van der Waals surface area (Å²) in [7, 11) is 0. The van der Waals surface area contributed by atoms with E-state index in [1.54, 1.807) is 0 Å². The number of fused-ring (bicyclic) bond motifs is 1. The Bertz CT molecular complexity index is 1080. The normalized spacial score (nSPS) is 10.9. The second-order valence-electron chi connectivity index (χ2n) is 5.83. The van der Waals surface area contributed by atoms with E-state index in [2.05, 4.69) is 24.3 Å². The van der Waals surface area contributed by atoms with Crippen molar-refractivity contribution in [3.8, 4) is 11.1 Å². The summed E-state index contributed by atoms with van der Waals surface area (Å²) in [6, 6.07) is 26.3. The Morgan fingerprint density at radius 1 is 0.800 bits per heavy atom. The van der Waals surface area contributed by atoms with Crippen LogP contribution in [-0.2, 0) is 0 Å². The molecule has 4 rings (SSSR count). The summed E-state index contributed by atoms with van der Waals surface area (Å²) in [5.74, 6) is 0. The van der Waals surface area contributed by atoms with Gasteiger partial charge in [-0.2, -0.15) is 0 Å². The van der Waals surface area contributed by atoms with E-state index in [0.29, 0.717) is 5.58 Å². The number of para-hydroxylation sites is 1. The molecule has 122 valence electrons. The molecule has 1 heterocycles. The van der Waals surface area contributed by atoms with Gasteiger partial charge in [-0.05, 0) is 0 Å². The average Bonchev–Trinajstić information content (AvgIpc) is 2.65. The number of hydrogen-bond acceptors (Lipinski definition) is 2. The van der Waals surface area contributed by atoms with Gasteiger partial charge in [-0.15, -0.1) is 0 Å². The molecule has 0 aliphatic rings. The molecular formula is C22H16O2Se. The van der Waals surface area contributed by atoms with E-state index >= 15 is 0 Å². The van der Waals surface area contributed by atoms with Crippen molar-refractivity contribution in [3.63, 3.8) is 0 Å².